The lowest BCUT2D eigenvalue weighted by Crippen LogP contribution is -2.52. The third-order valence-corrected chi connectivity index (χ3v) is 6.18. The average Bonchev–Trinajstić information content (AvgIpc) is 3.18. The van der Waals surface area contributed by atoms with E-state index in [1.165, 1.54) is 4.90 Å². The molecule has 0 radical (unpaired) electrons. The van der Waals surface area contributed by atoms with Gasteiger partial charge in [0.2, 0.25) is 11.8 Å². The number of carbonyl (C=O) groups is 3. The first-order valence-corrected chi connectivity index (χ1v) is 11.1. The fourth-order valence-electron chi connectivity index (χ4n) is 4.37. The summed E-state index contributed by atoms with van der Waals surface area (Å²) in [5.74, 6) is -0.380. The molecule has 0 aromatic heterocycles. The molecule has 5 rings (SSSR count). The first kappa shape index (κ1) is 19.3. The Kier molecular flexibility index (Phi) is 5.44. The number of ether oxygens (including phenoxy) is 2. The highest BCUT2D eigenvalue weighted by Crippen LogP contribution is 2.34. The van der Waals surface area contributed by atoms with Crippen LogP contribution in [0.25, 0.3) is 0 Å². The summed E-state index contributed by atoms with van der Waals surface area (Å²) in [5, 5.41) is 2.32. The number of fused-ring (bicyclic) bond motifs is 1. The molecule has 8 heteroatoms. The van der Waals surface area contributed by atoms with Gasteiger partial charge in [-0.25, -0.2) is 0 Å². The van der Waals surface area contributed by atoms with Gasteiger partial charge in [-0.2, -0.15) is 0 Å². The van der Waals surface area contributed by atoms with Gasteiger partial charge in [-0.3, -0.25) is 24.6 Å². The molecule has 3 aliphatic heterocycles. The maximum atomic E-state index is 13.0. The zero-order valence-corrected chi connectivity index (χ0v) is 18.2. The quantitative estimate of drug-likeness (QED) is 0.675. The average molecular weight is 452 g/mol. The molecule has 1 N–H and O–H groups in total. The van der Waals surface area contributed by atoms with E-state index in [-0.39, 0.29) is 24.8 Å². The third-order valence-electron chi connectivity index (χ3n) is 6.18. The summed E-state index contributed by atoms with van der Waals surface area (Å²) in [7, 11) is 0. The molecule has 172 valence electrons. The highest BCUT2D eigenvalue weighted by Gasteiger charge is 2.40. The molecule has 2 saturated heterocycles. The van der Waals surface area contributed by atoms with E-state index in [1.807, 2.05) is 30.3 Å². The minimum Gasteiger partial charge on any atom is -0.489 e. The monoisotopic (exact) mass is 451 g/mol. The topological polar surface area (TPSA) is 88.2 Å². The zero-order chi connectivity index (χ0) is 24.5. The van der Waals surface area contributed by atoms with Crippen molar-refractivity contribution in [3.63, 3.8) is 0 Å². The summed E-state index contributed by atoms with van der Waals surface area (Å²) in [5.41, 5.74) is 3.22. The van der Waals surface area contributed by atoms with Gasteiger partial charge in [-0.1, -0.05) is 30.3 Å². The van der Waals surface area contributed by atoms with E-state index in [1.54, 1.807) is 17.0 Å². The van der Waals surface area contributed by atoms with E-state index in [0.29, 0.717) is 44.1 Å². The molecule has 0 spiro atoms. The fourth-order valence-corrected chi connectivity index (χ4v) is 4.37. The highest BCUT2D eigenvalue weighted by molar-refractivity contribution is 6.05. The minimum absolute atomic E-state index is 0.215. The van der Waals surface area contributed by atoms with Crippen molar-refractivity contribution in [1.82, 2.24) is 15.1 Å². The fraction of sp³-hybridized carbons (Fsp3) is 0.400. The molecule has 0 bridgehead atoms. The number of nitrogens with zero attached hydrogens (tertiary/aromatic N) is 2. The highest BCUT2D eigenvalue weighted by atomic mass is 16.5. The van der Waals surface area contributed by atoms with Crippen molar-refractivity contribution >= 4 is 17.7 Å². The van der Waals surface area contributed by atoms with Crippen LogP contribution in [0.5, 0.6) is 5.75 Å². The van der Waals surface area contributed by atoms with Gasteiger partial charge in [0.25, 0.3) is 5.91 Å². The Bertz CT molecular complexity index is 1130. The lowest BCUT2D eigenvalue weighted by atomic mass is 10.0. The Morgan fingerprint density at radius 2 is 1.82 bits per heavy atom. The molecular weight excluding hydrogens is 422 g/mol. The van der Waals surface area contributed by atoms with Crippen molar-refractivity contribution in [2.24, 2.45) is 0 Å². The van der Waals surface area contributed by atoms with Gasteiger partial charge in [0.15, 0.2) is 0 Å². The van der Waals surface area contributed by atoms with E-state index >= 15 is 0 Å². The summed E-state index contributed by atoms with van der Waals surface area (Å²) in [6.07, 6.45) is 0.533. The predicted octanol–water partition coefficient (Wildman–Crippen LogP) is 1.86. The van der Waals surface area contributed by atoms with Crippen molar-refractivity contribution in [3.8, 4) is 5.75 Å². The van der Waals surface area contributed by atoms with Crippen molar-refractivity contribution < 1.29 is 26.6 Å². The van der Waals surface area contributed by atoms with Gasteiger partial charge in [0.05, 0.1) is 19.8 Å². The van der Waals surface area contributed by atoms with Gasteiger partial charge in [0, 0.05) is 39.9 Å². The first-order valence-electron chi connectivity index (χ1n) is 12.2. The molecule has 2 aromatic carbocycles. The summed E-state index contributed by atoms with van der Waals surface area (Å²) in [4.78, 5) is 40.0. The number of hydrogen-bond acceptors (Lipinski definition) is 6. The van der Waals surface area contributed by atoms with Crippen molar-refractivity contribution in [1.29, 1.82) is 0 Å². The second-order valence-electron chi connectivity index (χ2n) is 8.36. The van der Waals surface area contributed by atoms with Gasteiger partial charge in [0.1, 0.15) is 18.4 Å². The predicted molar refractivity (Wildman–Crippen MR) is 119 cm³/mol. The summed E-state index contributed by atoms with van der Waals surface area (Å²) in [6, 6.07) is 12.5. The van der Waals surface area contributed by atoms with E-state index < -0.39 is 25.0 Å². The number of imide groups is 1. The van der Waals surface area contributed by atoms with Gasteiger partial charge < -0.3 is 14.4 Å². The number of carbonyl (C=O) groups excluding carboxylic acids is 3. The van der Waals surface area contributed by atoms with Crippen LogP contribution in [0, 0.1) is 0 Å². The number of amides is 3. The van der Waals surface area contributed by atoms with Crippen LogP contribution in [0.15, 0.2) is 42.5 Å². The number of benzene rings is 2. The molecule has 2 aromatic rings. The largest absolute Gasteiger partial charge is 0.489 e. The summed E-state index contributed by atoms with van der Waals surface area (Å²) in [6.45, 7) is 0.616. The smallest absolute Gasteiger partial charge is 0.255 e. The van der Waals surface area contributed by atoms with Crippen LogP contribution in [-0.2, 0) is 34.0 Å². The summed E-state index contributed by atoms with van der Waals surface area (Å²) < 4.78 is 27.5. The molecule has 0 aliphatic carbocycles. The second kappa shape index (κ2) is 9.33. The standard InChI is InChI=1S/C25H27N3O5/c29-23-9-8-21(24(30)26-23)28-15-20-19(25(28)31)2-1-3-22(20)33-16-18-6-4-17(5-7-18)14-27-10-12-32-13-11-27/h1-7,21H,8-16H2,(H,26,29,30)/i10D,11D. The van der Waals surface area contributed by atoms with Gasteiger partial charge in [-0.15, -0.1) is 0 Å². The van der Waals surface area contributed by atoms with Crippen LogP contribution in [0.1, 0.15) is 42.6 Å². The SMILES string of the molecule is [2H]C1COCC([2H])N1Cc1ccc(COc2cccc3c2CN(C2CCC(=O)NC2=O)C3=O)cc1. The van der Waals surface area contributed by atoms with Crippen LogP contribution in [0.3, 0.4) is 0 Å². The molecular formula is C25H27N3O5. The second-order valence-corrected chi connectivity index (χ2v) is 8.36. The Labute approximate surface area is 195 Å². The molecule has 3 heterocycles. The number of morpholine rings is 1. The van der Waals surface area contributed by atoms with Gasteiger partial charge in [-0.05, 0) is 29.7 Å². The maximum absolute atomic E-state index is 13.0. The van der Waals surface area contributed by atoms with Crippen LogP contribution >= 0.6 is 0 Å². The molecule has 0 saturated carbocycles. The third kappa shape index (κ3) is 4.62. The number of rotatable bonds is 6. The van der Waals surface area contributed by atoms with Crippen LogP contribution in [0.4, 0.5) is 0 Å². The van der Waals surface area contributed by atoms with Crippen molar-refractivity contribution in [2.45, 2.75) is 38.6 Å². The zero-order valence-electron chi connectivity index (χ0n) is 20.2. The summed E-state index contributed by atoms with van der Waals surface area (Å²) >= 11 is 0. The lowest BCUT2D eigenvalue weighted by Gasteiger charge is -2.29. The van der Waals surface area contributed by atoms with E-state index in [9.17, 15) is 14.4 Å². The van der Waals surface area contributed by atoms with Crippen LogP contribution in [0.2, 0.25) is 0 Å². The van der Waals surface area contributed by atoms with Crippen molar-refractivity contribution in [2.75, 3.05) is 26.3 Å². The molecule has 3 atom stereocenters. The Hall–Kier alpha value is -3.23. The molecule has 3 amide bonds. The van der Waals surface area contributed by atoms with E-state index in [2.05, 4.69) is 5.32 Å². The number of nitrogens with one attached hydrogen (secondary N) is 1. The lowest BCUT2D eigenvalue weighted by molar-refractivity contribution is -0.136. The van der Waals surface area contributed by atoms with Crippen LogP contribution in [-0.4, -0.2) is 59.8 Å². The molecule has 3 unspecified atom stereocenters. The van der Waals surface area contributed by atoms with Crippen LogP contribution < -0.4 is 10.1 Å². The minimum atomic E-state index is -0.661. The van der Waals surface area contributed by atoms with E-state index in [4.69, 9.17) is 12.2 Å². The Balaban J connectivity index is 1.23. The first-order chi connectivity index (χ1) is 16.9. The van der Waals surface area contributed by atoms with E-state index in [0.717, 1.165) is 16.7 Å². The maximum Gasteiger partial charge on any atom is 0.255 e. The molecule has 33 heavy (non-hydrogen) atoms. The molecule has 3 aliphatic rings. The normalized spacial score (nSPS) is 26.5. The van der Waals surface area contributed by atoms with Crippen molar-refractivity contribution in [3.05, 3.63) is 64.7 Å². The molecule has 8 nitrogen and oxygen atoms in total. The van der Waals surface area contributed by atoms with Gasteiger partial charge >= 0.3 is 0 Å². The number of hydrogen-bond donors (Lipinski definition) is 1. The molecule has 2 fully saturated rings. The Morgan fingerprint density at radius 1 is 1.06 bits per heavy atom. The number of piperidine rings is 1. The Morgan fingerprint density at radius 3 is 2.58 bits per heavy atom.